The Hall–Kier alpha value is -10.1. The molecular weight excluding hydrogens is 1610 g/mol. The molecule has 638 valence electrons. The van der Waals surface area contributed by atoms with E-state index in [1.807, 2.05) is 54.6 Å². The Morgan fingerprint density at radius 1 is 0.415 bits per heavy atom. The molecule has 32 nitrogen and oxygen atoms in total. The van der Waals surface area contributed by atoms with Crippen LogP contribution in [0, 0.1) is 24.2 Å². The quantitative estimate of drug-likeness (QED) is 0.00817. The first-order valence-corrected chi connectivity index (χ1v) is 40.6. The fourth-order valence-electron chi connectivity index (χ4n) is 14.5. The first-order chi connectivity index (χ1) is 56.5. The molecule has 34 heteroatoms. The number of para-hydroxylation sites is 4. The summed E-state index contributed by atoms with van der Waals surface area (Å²) < 4.78 is 34.6. The average molecular weight is 1720 g/mol. The van der Waals surface area contributed by atoms with Crippen molar-refractivity contribution in [1.82, 2.24) is 57.8 Å². The third-order valence-electron chi connectivity index (χ3n) is 20.4. The number of benzene rings is 4. The summed E-state index contributed by atoms with van der Waals surface area (Å²) in [6.07, 6.45) is 21.7. The van der Waals surface area contributed by atoms with Crippen molar-refractivity contribution < 1.29 is 77.4 Å². The molecule has 4 aliphatic rings. The number of halogens is 1. The van der Waals surface area contributed by atoms with Crippen LogP contribution in [0.3, 0.4) is 0 Å². The van der Waals surface area contributed by atoms with Gasteiger partial charge in [0.2, 0.25) is 47.3 Å². The van der Waals surface area contributed by atoms with Crippen molar-refractivity contribution in [3.05, 3.63) is 136 Å². The number of carbonyl (C=O) groups is 9. The summed E-state index contributed by atoms with van der Waals surface area (Å²) in [5.74, 6) is 5.47. The van der Waals surface area contributed by atoms with Gasteiger partial charge in [-0.15, -0.1) is 6.42 Å². The summed E-state index contributed by atoms with van der Waals surface area (Å²) in [5, 5.41) is 35.2. The number of unbranched alkanes of at least 4 members (excludes halogenated alkanes) is 8. The van der Waals surface area contributed by atoms with Crippen LogP contribution in [0.2, 0.25) is 0 Å². The molecule has 5 unspecified atom stereocenters. The molecule has 118 heavy (non-hydrogen) atoms. The van der Waals surface area contributed by atoms with E-state index in [9.17, 15) is 62.3 Å². The van der Waals surface area contributed by atoms with E-state index in [0.717, 1.165) is 140 Å². The zero-order valence-electron chi connectivity index (χ0n) is 67.6. The maximum atomic E-state index is 12.9. The fraction of sp³-hybridized carbons (Fsp3) is 0.512. The summed E-state index contributed by atoms with van der Waals surface area (Å²) in [6, 6.07) is 19.6. The third kappa shape index (κ3) is 25.3. The number of imide groups is 4. The number of imidazole rings is 4. The standard InChI is InChI=1S/C21H29N3O5.C21H27N3O5.C21H25N3O5.C13H12BrN3O3.C8H14O2.H3P/c3*1-23-19-15(8-6-14-29-13-4-2-3-12-25)7-5-9-16(19)24(21(23)28)17-10-11-18(26)22-20(17)27;1-16-11-7(14)3-2-4-8(11)17(13(16)20)9-5-6-10(18)15-12(9)19;1-2-7-10-8-5-3-4-6-9;/h5,7,9,17,25H,2-4,6,8,10-14H2,1H3,(H,22,26,27);5,7,9,12,17H,2-4,6,8,10-11,13-14H2,1H3,(H,22,26,27);5,7,9,17,25H,2-4,10-14H2,1H3,(H,22,26,27);2-4,9H,5-6H2,1H3,(H,15,18,19);1,9H,3-8H2;1H3. The van der Waals surface area contributed by atoms with Gasteiger partial charge in [-0.3, -0.25) is 96.2 Å². The van der Waals surface area contributed by atoms with Crippen LogP contribution in [0.1, 0.15) is 182 Å². The van der Waals surface area contributed by atoms with Gasteiger partial charge in [-0.2, -0.15) is 9.90 Å². The Balaban J connectivity index is 0.000000210. The predicted octanol–water partition coefficient (Wildman–Crippen LogP) is 5.85. The van der Waals surface area contributed by atoms with E-state index in [2.05, 4.69) is 55.0 Å². The number of ether oxygens (including phenoxy) is 4. The van der Waals surface area contributed by atoms with Gasteiger partial charge >= 0.3 is 22.8 Å². The number of nitrogens with one attached hydrogen (secondary N) is 4. The Morgan fingerprint density at radius 3 is 1.11 bits per heavy atom. The van der Waals surface area contributed by atoms with Crippen LogP contribution in [0.4, 0.5) is 0 Å². The monoisotopic (exact) mass is 1720 g/mol. The van der Waals surface area contributed by atoms with Gasteiger partial charge in [0.1, 0.15) is 43.7 Å². The van der Waals surface area contributed by atoms with Crippen LogP contribution >= 0.6 is 25.8 Å². The maximum Gasteiger partial charge on any atom is 0.329 e. The topological polar surface area (TPSA) is 407 Å². The number of hydrogen-bond donors (Lipinski definition) is 7. The van der Waals surface area contributed by atoms with Crippen LogP contribution in [0.25, 0.3) is 44.1 Å². The number of rotatable bonds is 34. The number of hydrogen-bond acceptors (Lipinski definition) is 20. The summed E-state index contributed by atoms with van der Waals surface area (Å²) in [5.41, 5.74) is 7.41. The normalized spacial score (nSPS) is 16.5. The van der Waals surface area contributed by atoms with Gasteiger partial charge in [-0.05, 0) is 185 Å². The molecule has 4 aromatic carbocycles. The second-order valence-electron chi connectivity index (χ2n) is 28.6. The van der Waals surface area contributed by atoms with Gasteiger partial charge in [-0.25, -0.2) is 19.2 Å². The number of amides is 8. The Labute approximate surface area is 694 Å². The van der Waals surface area contributed by atoms with E-state index >= 15 is 0 Å². The number of aliphatic hydroxyl groups excluding tert-OH is 3. The molecule has 8 heterocycles. The molecule has 0 saturated carbocycles. The fourth-order valence-corrected chi connectivity index (χ4v) is 15.1. The van der Waals surface area contributed by atoms with Crippen LogP contribution in [-0.2, 0) is 103 Å². The molecule has 0 spiro atoms. The summed E-state index contributed by atoms with van der Waals surface area (Å²) in [7, 11) is 6.74. The second-order valence-corrected chi connectivity index (χ2v) is 29.5. The third-order valence-corrected chi connectivity index (χ3v) is 21.0. The lowest BCUT2D eigenvalue weighted by Gasteiger charge is -2.21. The van der Waals surface area contributed by atoms with Gasteiger partial charge < -0.3 is 39.1 Å². The number of terminal acetylenes is 1. The van der Waals surface area contributed by atoms with E-state index in [1.165, 1.54) is 27.4 Å². The maximum absolute atomic E-state index is 12.9. The molecule has 4 aromatic heterocycles. The van der Waals surface area contributed by atoms with Crippen molar-refractivity contribution in [3.63, 3.8) is 0 Å². The van der Waals surface area contributed by atoms with Crippen molar-refractivity contribution in [1.29, 1.82) is 0 Å². The lowest BCUT2D eigenvalue weighted by Crippen LogP contribution is -2.44. The van der Waals surface area contributed by atoms with Gasteiger partial charge in [0.25, 0.3) is 0 Å². The lowest BCUT2D eigenvalue weighted by atomic mass is 10.0. The van der Waals surface area contributed by atoms with E-state index in [0.29, 0.717) is 106 Å². The zero-order valence-corrected chi connectivity index (χ0v) is 70.6. The van der Waals surface area contributed by atoms with Gasteiger partial charge in [0.15, 0.2) is 0 Å². The number of fused-ring (bicyclic) bond motifs is 4. The number of aryl methyl sites for hydroxylation is 6. The molecule has 8 amide bonds. The minimum atomic E-state index is -0.714. The lowest BCUT2D eigenvalue weighted by molar-refractivity contribution is -0.137. The Bertz CT molecular complexity index is 5180. The van der Waals surface area contributed by atoms with E-state index in [4.69, 9.17) is 40.7 Å². The number of nitrogens with zero attached hydrogens (tertiary/aromatic N) is 8. The highest BCUT2D eigenvalue weighted by molar-refractivity contribution is 9.10. The van der Waals surface area contributed by atoms with Crippen LogP contribution in [-0.4, -0.2) is 178 Å². The minimum Gasteiger partial charge on any atom is -0.396 e. The number of aldehydes is 1. The highest BCUT2D eigenvalue weighted by Gasteiger charge is 2.36. The van der Waals surface area contributed by atoms with Gasteiger partial charge in [-0.1, -0.05) is 54.2 Å². The smallest absolute Gasteiger partial charge is 0.329 e. The SMILES string of the molecule is C#CCOCCCCCO.Cn1c(=O)n(C2CCC(=O)NC2=O)c2cccc(Br)c21.Cn1c(=O)n(C2CCC(=O)NC2=O)c2cccc(C#CCOCCCCCO)c21.Cn1c(=O)n(C2CCC(=O)NC2=O)c2cccc(CCCOCCCCC=O)c21.Cn1c(=O)n(C2CCC(=O)NC2=O)c2cccc(CCCOCCCCCO)c21.P. The summed E-state index contributed by atoms with van der Waals surface area (Å²) in [4.78, 5) is 156. The van der Waals surface area contributed by atoms with Crippen molar-refractivity contribution >= 4 is 124 Å². The van der Waals surface area contributed by atoms with Crippen molar-refractivity contribution in [3.8, 4) is 24.2 Å². The molecular formula is C84H110BrN12O20P. The van der Waals surface area contributed by atoms with E-state index in [-0.39, 0.29) is 108 Å². The predicted molar refractivity (Wildman–Crippen MR) is 452 cm³/mol. The number of piperidine rings is 4. The Morgan fingerprint density at radius 2 is 0.737 bits per heavy atom. The molecule has 4 saturated heterocycles. The van der Waals surface area contributed by atoms with Crippen LogP contribution in [0.5, 0.6) is 0 Å². The highest BCUT2D eigenvalue weighted by Crippen LogP contribution is 2.31. The average Bonchev–Trinajstić information content (AvgIpc) is 1.63. The van der Waals surface area contributed by atoms with Gasteiger partial charge in [0.05, 0.1) is 49.7 Å². The molecule has 4 aliphatic heterocycles. The molecule has 7 N–H and O–H groups in total. The molecule has 0 radical (unpaired) electrons. The minimum absolute atomic E-state index is 0. The first-order valence-electron chi connectivity index (χ1n) is 39.8. The molecule has 4 fully saturated rings. The van der Waals surface area contributed by atoms with Crippen molar-refractivity contribution in [2.24, 2.45) is 28.2 Å². The molecule has 12 rings (SSSR count). The number of carbonyl (C=O) groups excluding carboxylic acids is 9. The van der Waals surface area contributed by atoms with E-state index in [1.54, 1.807) is 55.5 Å². The second kappa shape index (κ2) is 48.7. The molecule has 0 aliphatic carbocycles. The molecule has 0 bridgehead atoms. The summed E-state index contributed by atoms with van der Waals surface area (Å²) in [6.45, 7) is 5.24. The first kappa shape index (κ1) is 95.1. The van der Waals surface area contributed by atoms with Crippen LogP contribution in [0.15, 0.2) is 96.4 Å². The summed E-state index contributed by atoms with van der Waals surface area (Å²) >= 11 is 3.42. The van der Waals surface area contributed by atoms with E-state index < -0.39 is 47.8 Å². The van der Waals surface area contributed by atoms with Crippen molar-refractivity contribution in [2.75, 3.05) is 72.7 Å². The molecule has 5 atom stereocenters. The number of aromatic nitrogens is 8. The molecule has 8 aromatic rings. The zero-order chi connectivity index (χ0) is 84.5. The highest BCUT2D eigenvalue weighted by atomic mass is 79.9. The van der Waals surface area contributed by atoms with Crippen molar-refractivity contribution in [2.45, 2.75) is 178 Å². The number of aliphatic hydroxyl groups is 3. The Kier molecular flexibility index (Phi) is 39.3. The van der Waals surface area contributed by atoms with Crippen LogP contribution < -0.4 is 44.0 Å². The largest absolute Gasteiger partial charge is 0.396 e. The van der Waals surface area contributed by atoms with Gasteiger partial charge in [0, 0.05) is 124 Å².